The van der Waals surface area contributed by atoms with Gasteiger partial charge in [-0.15, -0.1) is 11.6 Å². The van der Waals surface area contributed by atoms with Crippen molar-refractivity contribution in [3.63, 3.8) is 0 Å². The smallest absolute Gasteiger partial charge is 0.207 e. The molecule has 3 nitrogen and oxygen atoms in total. The minimum atomic E-state index is -4.03. The van der Waals surface area contributed by atoms with Crippen molar-refractivity contribution in [2.24, 2.45) is 5.92 Å². The van der Waals surface area contributed by atoms with Crippen LogP contribution in [0.5, 0.6) is 0 Å². The summed E-state index contributed by atoms with van der Waals surface area (Å²) in [6.45, 7) is 2.69. The Morgan fingerprint density at radius 2 is 2.10 bits per heavy atom. The van der Waals surface area contributed by atoms with Gasteiger partial charge in [-0.1, -0.05) is 13.3 Å². The van der Waals surface area contributed by atoms with Crippen LogP contribution in [0.15, 0.2) is 17.0 Å². The first-order valence-corrected chi connectivity index (χ1v) is 8.91. The summed E-state index contributed by atoms with van der Waals surface area (Å²) >= 11 is 5.61. The summed E-state index contributed by atoms with van der Waals surface area (Å²) in [4.78, 5) is -0.616. The molecule has 0 amide bonds. The Labute approximate surface area is 129 Å². The van der Waals surface area contributed by atoms with Gasteiger partial charge in [0.2, 0.25) is 10.0 Å². The van der Waals surface area contributed by atoms with Crippen LogP contribution in [-0.2, 0) is 15.9 Å². The van der Waals surface area contributed by atoms with E-state index < -0.39 is 26.6 Å². The van der Waals surface area contributed by atoms with E-state index in [4.69, 9.17) is 11.6 Å². The summed E-state index contributed by atoms with van der Waals surface area (Å²) in [6, 6.07) is 2.04. The fraction of sp³-hybridized carbons (Fsp3) is 0.571. The molecular formula is C14H18ClF2NO2S. The molecule has 1 atom stereocenters. The number of nitrogens with zero attached hydrogens (tertiary/aromatic N) is 1. The van der Waals surface area contributed by atoms with E-state index in [2.05, 4.69) is 0 Å². The molecule has 1 fully saturated rings. The number of alkyl halides is 1. The fourth-order valence-corrected chi connectivity index (χ4v) is 4.43. The molecule has 1 aliphatic rings. The third-order valence-electron chi connectivity index (χ3n) is 3.89. The normalized spacial score (nSPS) is 20.7. The lowest BCUT2D eigenvalue weighted by Gasteiger charge is -2.31. The van der Waals surface area contributed by atoms with Crippen LogP contribution in [0.3, 0.4) is 0 Å². The van der Waals surface area contributed by atoms with E-state index >= 15 is 0 Å². The number of piperidine rings is 1. The topological polar surface area (TPSA) is 37.4 Å². The van der Waals surface area contributed by atoms with Gasteiger partial charge < -0.3 is 0 Å². The molecule has 1 heterocycles. The zero-order valence-electron chi connectivity index (χ0n) is 11.8. The monoisotopic (exact) mass is 337 g/mol. The van der Waals surface area contributed by atoms with E-state index in [1.54, 1.807) is 0 Å². The van der Waals surface area contributed by atoms with E-state index in [1.807, 2.05) is 6.92 Å². The first-order valence-electron chi connectivity index (χ1n) is 6.94. The van der Waals surface area contributed by atoms with Gasteiger partial charge in [-0.05, 0) is 36.5 Å². The molecule has 2 rings (SSSR count). The van der Waals surface area contributed by atoms with Gasteiger partial charge in [0.15, 0.2) is 11.6 Å². The maximum Gasteiger partial charge on any atom is 0.246 e. The molecule has 1 aromatic rings. The van der Waals surface area contributed by atoms with Crippen LogP contribution >= 0.6 is 11.6 Å². The van der Waals surface area contributed by atoms with Gasteiger partial charge in [0, 0.05) is 19.0 Å². The minimum absolute atomic E-state index is 0.0721. The van der Waals surface area contributed by atoms with Crippen LogP contribution < -0.4 is 0 Å². The molecule has 0 aromatic heterocycles. The second-order valence-corrected chi connectivity index (χ2v) is 7.48. The maximum atomic E-state index is 13.9. The van der Waals surface area contributed by atoms with Crippen LogP contribution in [0.2, 0.25) is 0 Å². The number of sulfonamides is 1. The number of benzene rings is 1. The number of hydrogen-bond acceptors (Lipinski definition) is 2. The van der Waals surface area contributed by atoms with E-state index in [1.165, 1.54) is 4.31 Å². The molecule has 1 aliphatic heterocycles. The number of hydrogen-bond donors (Lipinski definition) is 0. The molecule has 1 unspecified atom stereocenters. The molecule has 0 radical (unpaired) electrons. The Morgan fingerprint density at radius 1 is 1.38 bits per heavy atom. The first kappa shape index (κ1) is 16.6. The lowest BCUT2D eigenvalue weighted by molar-refractivity contribution is 0.260. The van der Waals surface area contributed by atoms with Gasteiger partial charge in [-0.3, -0.25) is 0 Å². The van der Waals surface area contributed by atoms with Crippen molar-refractivity contribution in [1.29, 1.82) is 0 Å². The van der Waals surface area contributed by atoms with Crippen LogP contribution in [0.25, 0.3) is 0 Å². The molecule has 1 aromatic carbocycles. The van der Waals surface area contributed by atoms with Crippen molar-refractivity contribution in [2.45, 2.75) is 37.0 Å². The molecule has 0 bridgehead atoms. The minimum Gasteiger partial charge on any atom is -0.207 e. The van der Waals surface area contributed by atoms with Crippen LogP contribution in [-0.4, -0.2) is 25.8 Å². The SMILES string of the molecule is CCC1CCCN(S(=O)(=O)c2cc(CCl)cc(F)c2F)C1. The number of halogens is 3. The summed E-state index contributed by atoms with van der Waals surface area (Å²) in [7, 11) is -4.03. The third-order valence-corrected chi connectivity index (χ3v) is 6.06. The van der Waals surface area contributed by atoms with Gasteiger partial charge in [-0.2, -0.15) is 4.31 Å². The van der Waals surface area contributed by atoms with Gasteiger partial charge in [0.25, 0.3) is 0 Å². The van der Waals surface area contributed by atoms with Crippen molar-refractivity contribution in [3.8, 4) is 0 Å². The van der Waals surface area contributed by atoms with E-state index in [-0.39, 0.29) is 17.4 Å². The maximum absolute atomic E-state index is 13.9. The average molecular weight is 338 g/mol. The summed E-state index contributed by atoms with van der Waals surface area (Å²) in [5, 5.41) is 0. The molecule has 0 N–H and O–H groups in total. The van der Waals surface area contributed by atoms with Crippen LogP contribution in [0.1, 0.15) is 31.7 Å². The van der Waals surface area contributed by atoms with Crippen LogP contribution in [0.4, 0.5) is 8.78 Å². The largest absolute Gasteiger partial charge is 0.246 e. The molecule has 1 saturated heterocycles. The Kier molecular flexibility index (Phi) is 5.22. The fourth-order valence-electron chi connectivity index (χ4n) is 2.60. The van der Waals surface area contributed by atoms with E-state index in [9.17, 15) is 17.2 Å². The highest BCUT2D eigenvalue weighted by molar-refractivity contribution is 7.89. The standard InChI is InChI=1S/C14H18ClF2NO2S/c1-2-10-4-3-5-18(9-10)21(19,20)13-7-11(8-15)6-12(16)14(13)17/h6-7,10H,2-5,8-9H2,1H3. The highest BCUT2D eigenvalue weighted by atomic mass is 35.5. The van der Waals surface area contributed by atoms with Crippen molar-refractivity contribution in [1.82, 2.24) is 4.31 Å². The van der Waals surface area contributed by atoms with Gasteiger partial charge in [0.1, 0.15) is 4.90 Å². The molecule has 0 aliphatic carbocycles. The van der Waals surface area contributed by atoms with Crippen molar-refractivity contribution in [3.05, 3.63) is 29.3 Å². The van der Waals surface area contributed by atoms with Gasteiger partial charge >= 0.3 is 0 Å². The Hall–Kier alpha value is -0.720. The lowest BCUT2D eigenvalue weighted by Crippen LogP contribution is -2.40. The Morgan fingerprint density at radius 3 is 2.71 bits per heavy atom. The zero-order valence-corrected chi connectivity index (χ0v) is 13.4. The lowest BCUT2D eigenvalue weighted by atomic mass is 9.97. The predicted molar refractivity (Wildman–Crippen MR) is 77.7 cm³/mol. The summed E-state index contributed by atoms with van der Waals surface area (Å²) in [6.07, 6.45) is 2.56. The second-order valence-electron chi connectivity index (χ2n) is 5.30. The number of rotatable bonds is 4. The van der Waals surface area contributed by atoms with Crippen molar-refractivity contribution in [2.75, 3.05) is 13.1 Å². The molecule has 0 saturated carbocycles. The quantitative estimate of drug-likeness (QED) is 0.788. The molecule has 7 heteroatoms. The predicted octanol–water partition coefficient (Wildman–Crippen LogP) is 3.51. The second kappa shape index (κ2) is 6.58. The van der Waals surface area contributed by atoms with Gasteiger partial charge in [0.05, 0.1) is 0 Å². The summed E-state index contributed by atoms with van der Waals surface area (Å²) < 4.78 is 53.9. The first-order chi connectivity index (χ1) is 9.90. The summed E-state index contributed by atoms with van der Waals surface area (Å²) in [5.74, 6) is -2.33. The van der Waals surface area contributed by atoms with Crippen molar-refractivity contribution < 1.29 is 17.2 Å². The summed E-state index contributed by atoms with van der Waals surface area (Å²) in [5.41, 5.74) is 0.248. The zero-order chi connectivity index (χ0) is 15.6. The molecule has 0 spiro atoms. The average Bonchev–Trinajstić information content (AvgIpc) is 2.49. The Bertz CT molecular complexity index is 622. The Balaban J connectivity index is 2.41. The third kappa shape index (κ3) is 3.38. The van der Waals surface area contributed by atoms with E-state index in [0.29, 0.717) is 13.1 Å². The molecular weight excluding hydrogens is 320 g/mol. The van der Waals surface area contributed by atoms with Crippen LogP contribution in [0, 0.1) is 17.6 Å². The molecule has 21 heavy (non-hydrogen) atoms. The highest BCUT2D eigenvalue weighted by Crippen LogP contribution is 2.28. The molecule has 118 valence electrons. The van der Waals surface area contributed by atoms with Gasteiger partial charge in [-0.25, -0.2) is 17.2 Å². The highest BCUT2D eigenvalue weighted by Gasteiger charge is 2.32. The van der Waals surface area contributed by atoms with E-state index in [0.717, 1.165) is 31.4 Å². The van der Waals surface area contributed by atoms with Crippen molar-refractivity contribution >= 4 is 21.6 Å².